The third-order valence-electron chi connectivity index (χ3n) is 7.15. The Morgan fingerprint density at radius 2 is 1.97 bits per heavy atom. The van der Waals surface area contributed by atoms with E-state index in [4.69, 9.17) is 9.83 Å². The van der Waals surface area contributed by atoms with Gasteiger partial charge in [0.15, 0.2) is 5.84 Å². The summed E-state index contributed by atoms with van der Waals surface area (Å²) in [5, 5.41) is 4.56. The highest BCUT2D eigenvalue weighted by Crippen LogP contribution is 2.40. The minimum absolute atomic E-state index is 0.229. The maximum absolute atomic E-state index is 5.39. The third kappa shape index (κ3) is 4.29. The highest BCUT2D eigenvalue weighted by molar-refractivity contribution is 6.14. The summed E-state index contributed by atoms with van der Waals surface area (Å²) in [6.07, 6.45) is 9.85. The Morgan fingerprint density at radius 3 is 2.69 bits per heavy atom. The topological polar surface area (TPSA) is 55.0 Å². The van der Waals surface area contributed by atoms with E-state index in [0.717, 1.165) is 49.6 Å². The van der Waals surface area contributed by atoms with Crippen LogP contribution in [0, 0.1) is 6.92 Å². The molecule has 6 heteroatoms. The molecule has 2 aromatic carbocycles. The molecule has 1 unspecified atom stereocenters. The van der Waals surface area contributed by atoms with Crippen molar-refractivity contribution in [2.45, 2.75) is 52.0 Å². The quantitative estimate of drug-likeness (QED) is 0.439. The van der Waals surface area contributed by atoms with Gasteiger partial charge in [-0.25, -0.2) is 4.98 Å². The fourth-order valence-corrected chi connectivity index (χ4v) is 5.30. The van der Waals surface area contributed by atoms with Crippen LogP contribution in [-0.2, 0) is 16.8 Å². The molecule has 0 aliphatic carbocycles. The standard InChI is InChI=1S/C29H33N5O/c1-5-23-17-22(11-13-26(23)33-19-21(2)31-20-33)18-24-12-14-27-30-16-15-29(3,25-9-7-6-8-10-25)34(27)28(24)32-35-4/h6-11,13,17-20H,5,12,14-16H2,1-4H3/b24-18+,32-28+. The number of amidine groups is 2. The van der Waals surface area contributed by atoms with Crippen LogP contribution in [0.2, 0.25) is 0 Å². The fourth-order valence-electron chi connectivity index (χ4n) is 5.30. The first kappa shape index (κ1) is 23.1. The molecule has 2 aliphatic rings. The van der Waals surface area contributed by atoms with Crippen molar-refractivity contribution in [2.75, 3.05) is 13.7 Å². The normalized spacial score (nSPS) is 22.3. The Bertz CT molecular complexity index is 1300. The SMILES string of the molecule is CCc1cc(/C=C2\CCC3=NCCC(C)(c4ccccc4)N3\C2=N\OC)ccc1-n1cnc(C)c1. The van der Waals surface area contributed by atoms with Crippen LogP contribution < -0.4 is 0 Å². The Balaban J connectivity index is 1.55. The molecule has 1 saturated heterocycles. The van der Waals surface area contributed by atoms with Gasteiger partial charge < -0.3 is 14.3 Å². The van der Waals surface area contributed by atoms with Gasteiger partial charge >= 0.3 is 0 Å². The highest BCUT2D eigenvalue weighted by atomic mass is 16.6. The van der Waals surface area contributed by atoms with Gasteiger partial charge in [0.2, 0.25) is 0 Å². The molecule has 0 amide bonds. The zero-order valence-electron chi connectivity index (χ0n) is 21.0. The number of hydrogen-bond acceptors (Lipinski definition) is 4. The predicted molar refractivity (Wildman–Crippen MR) is 142 cm³/mol. The lowest BCUT2D eigenvalue weighted by atomic mass is 9.82. The molecule has 180 valence electrons. The molecule has 35 heavy (non-hydrogen) atoms. The Hall–Kier alpha value is -3.67. The highest BCUT2D eigenvalue weighted by Gasteiger charge is 2.44. The number of aliphatic imine (C=N–C) groups is 1. The number of imidazole rings is 1. The summed E-state index contributed by atoms with van der Waals surface area (Å²) < 4.78 is 2.10. The number of hydrogen-bond donors (Lipinski definition) is 0. The largest absolute Gasteiger partial charge is 0.397 e. The van der Waals surface area contributed by atoms with Crippen LogP contribution in [0.25, 0.3) is 11.8 Å². The first-order valence-electron chi connectivity index (χ1n) is 12.4. The number of nitrogens with zero attached hydrogens (tertiary/aromatic N) is 5. The molecule has 2 aliphatic heterocycles. The maximum Gasteiger partial charge on any atom is 0.177 e. The van der Waals surface area contributed by atoms with E-state index in [-0.39, 0.29) is 5.54 Å². The number of rotatable bonds is 5. The van der Waals surface area contributed by atoms with E-state index >= 15 is 0 Å². The zero-order valence-corrected chi connectivity index (χ0v) is 21.0. The van der Waals surface area contributed by atoms with Crippen LogP contribution in [0.4, 0.5) is 0 Å². The van der Waals surface area contributed by atoms with Gasteiger partial charge in [-0.3, -0.25) is 4.99 Å². The number of aromatic nitrogens is 2. The first-order valence-corrected chi connectivity index (χ1v) is 12.4. The smallest absolute Gasteiger partial charge is 0.177 e. The van der Waals surface area contributed by atoms with E-state index in [2.05, 4.69) is 94.3 Å². The van der Waals surface area contributed by atoms with E-state index in [9.17, 15) is 0 Å². The molecule has 0 radical (unpaired) electrons. The summed E-state index contributed by atoms with van der Waals surface area (Å²) in [4.78, 5) is 17.0. The second-order valence-electron chi connectivity index (χ2n) is 9.45. The summed E-state index contributed by atoms with van der Waals surface area (Å²) in [5.74, 6) is 1.95. The summed E-state index contributed by atoms with van der Waals surface area (Å²) in [6.45, 7) is 7.33. The molecule has 1 aromatic heterocycles. The number of oxime groups is 1. The van der Waals surface area contributed by atoms with Crippen LogP contribution in [0.1, 0.15) is 55.5 Å². The molecule has 1 fully saturated rings. The monoisotopic (exact) mass is 467 g/mol. The minimum Gasteiger partial charge on any atom is -0.397 e. The van der Waals surface area contributed by atoms with Crippen LogP contribution in [-0.4, -0.2) is 39.8 Å². The lowest BCUT2D eigenvalue weighted by Gasteiger charge is -2.48. The van der Waals surface area contributed by atoms with E-state index in [1.807, 2.05) is 13.3 Å². The molecule has 3 aromatic rings. The average molecular weight is 468 g/mol. The molecule has 0 bridgehead atoms. The number of benzene rings is 2. The summed E-state index contributed by atoms with van der Waals surface area (Å²) in [6, 6.07) is 17.3. The van der Waals surface area contributed by atoms with Gasteiger partial charge in [-0.05, 0) is 73.6 Å². The molecule has 5 rings (SSSR count). The average Bonchev–Trinajstić information content (AvgIpc) is 3.32. The fraction of sp³-hybridized carbons (Fsp3) is 0.345. The van der Waals surface area contributed by atoms with E-state index < -0.39 is 0 Å². The van der Waals surface area contributed by atoms with E-state index in [1.165, 1.54) is 28.0 Å². The van der Waals surface area contributed by atoms with Gasteiger partial charge in [0.25, 0.3) is 0 Å². The Kier molecular flexibility index (Phi) is 6.29. The molecular formula is C29H33N5O. The van der Waals surface area contributed by atoms with Crippen molar-refractivity contribution in [3.05, 3.63) is 89.0 Å². The van der Waals surface area contributed by atoms with Crippen molar-refractivity contribution in [1.82, 2.24) is 14.5 Å². The molecule has 0 saturated carbocycles. The molecule has 6 nitrogen and oxygen atoms in total. The van der Waals surface area contributed by atoms with Crippen molar-refractivity contribution < 1.29 is 4.84 Å². The van der Waals surface area contributed by atoms with Gasteiger partial charge in [-0.15, -0.1) is 0 Å². The van der Waals surface area contributed by atoms with Crippen molar-refractivity contribution >= 4 is 17.7 Å². The van der Waals surface area contributed by atoms with Gasteiger partial charge in [0.05, 0.1) is 17.6 Å². The Labute approximate surface area is 207 Å². The van der Waals surface area contributed by atoms with E-state index in [1.54, 1.807) is 7.11 Å². The van der Waals surface area contributed by atoms with Crippen LogP contribution in [0.15, 0.2) is 76.8 Å². The first-order chi connectivity index (χ1) is 17.0. The number of aryl methyl sites for hydroxylation is 2. The molecular weight excluding hydrogens is 434 g/mol. The summed E-state index contributed by atoms with van der Waals surface area (Å²) >= 11 is 0. The van der Waals surface area contributed by atoms with Gasteiger partial charge in [-0.2, -0.15) is 0 Å². The van der Waals surface area contributed by atoms with Gasteiger partial charge in [-0.1, -0.05) is 48.5 Å². The van der Waals surface area contributed by atoms with Gasteiger partial charge in [0, 0.05) is 24.8 Å². The summed E-state index contributed by atoms with van der Waals surface area (Å²) in [5.41, 5.74) is 6.85. The minimum atomic E-state index is -0.229. The number of piperidine rings is 1. The van der Waals surface area contributed by atoms with Crippen molar-refractivity contribution in [2.24, 2.45) is 10.1 Å². The van der Waals surface area contributed by atoms with Crippen LogP contribution >= 0.6 is 0 Å². The van der Waals surface area contributed by atoms with Crippen LogP contribution in [0.3, 0.4) is 0 Å². The van der Waals surface area contributed by atoms with E-state index in [0.29, 0.717) is 0 Å². The zero-order chi connectivity index (χ0) is 24.4. The molecule has 1 atom stereocenters. The Morgan fingerprint density at radius 1 is 1.14 bits per heavy atom. The lowest BCUT2D eigenvalue weighted by molar-refractivity contribution is 0.190. The second-order valence-corrected chi connectivity index (χ2v) is 9.45. The lowest BCUT2D eigenvalue weighted by Crippen LogP contribution is -2.56. The predicted octanol–water partition coefficient (Wildman–Crippen LogP) is 5.90. The number of fused-ring (bicyclic) bond motifs is 1. The summed E-state index contributed by atoms with van der Waals surface area (Å²) in [7, 11) is 1.62. The van der Waals surface area contributed by atoms with Crippen molar-refractivity contribution in [3.63, 3.8) is 0 Å². The van der Waals surface area contributed by atoms with Crippen molar-refractivity contribution in [1.29, 1.82) is 0 Å². The molecule has 0 spiro atoms. The maximum atomic E-state index is 5.39. The third-order valence-corrected chi connectivity index (χ3v) is 7.15. The second kappa shape index (κ2) is 9.53. The van der Waals surface area contributed by atoms with Gasteiger partial charge in [0.1, 0.15) is 12.9 Å². The van der Waals surface area contributed by atoms with Crippen LogP contribution in [0.5, 0.6) is 0 Å². The molecule has 0 N–H and O–H groups in total. The van der Waals surface area contributed by atoms with Crippen molar-refractivity contribution in [3.8, 4) is 5.69 Å². The molecule has 3 heterocycles.